The smallest absolute Gasteiger partial charge is 0.267 e. The predicted molar refractivity (Wildman–Crippen MR) is 108 cm³/mol. The van der Waals surface area contributed by atoms with Crippen molar-refractivity contribution in [3.05, 3.63) is 71.4 Å². The summed E-state index contributed by atoms with van der Waals surface area (Å²) in [6.45, 7) is 4.48. The fraction of sp³-hybridized carbons (Fsp3) is 0.200. The molecule has 0 aliphatic rings. The van der Waals surface area contributed by atoms with E-state index in [0.29, 0.717) is 18.2 Å². The van der Waals surface area contributed by atoms with E-state index in [2.05, 4.69) is 24.5 Å². The zero-order valence-electron chi connectivity index (χ0n) is 15.6. The van der Waals surface area contributed by atoms with Crippen LogP contribution < -0.4 is 15.8 Å². The molecule has 2 rings (SSSR count). The van der Waals surface area contributed by atoms with Gasteiger partial charge in [-0.1, -0.05) is 38.1 Å². The van der Waals surface area contributed by atoms with Crippen LogP contribution in [-0.2, 0) is 21.4 Å². The molecule has 2 aromatic rings. The Morgan fingerprint density at radius 2 is 1.75 bits per heavy atom. The number of amides is 1. The number of hydrogen-bond donors (Lipinski definition) is 3. The van der Waals surface area contributed by atoms with Crippen molar-refractivity contribution in [3.8, 4) is 6.07 Å². The van der Waals surface area contributed by atoms with Crippen LogP contribution >= 0.6 is 0 Å². The molecule has 0 saturated heterocycles. The number of carbonyl (C=O) groups is 1. The molecule has 28 heavy (non-hydrogen) atoms. The van der Waals surface area contributed by atoms with Gasteiger partial charge in [0.2, 0.25) is 10.0 Å². The number of primary sulfonamides is 1. The van der Waals surface area contributed by atoms with Gasteiger partial charge in [0, 0.05) is 18.4 Å². The average molecular weight is 398 g/mol. The minimum atomic E-state index is -3.73. The van der Waals surface area contributed by atoms with Gasteiger partial charge in [0.1, 0.15) is 11.6 Å². The summed E-state index contributed by atoms with van der Waals surface area (Å²) in [4.78, 5) is 12.3. The SMILES string of the molecule is CC(C)c1ccc(NC(=O)/C(C#N)=C\NCc2ccc(S(N)(=O)=O)cc2)cc1. The third-order valence-corrected chi connectivity index (χ3v) is 4.93. The number of nitrogens with one attached hydrogen (secondary N) is 2. The molecular weight excluding hydrogens is 376 g/mol. The maximum atomic E-state index is 12.2. The van der Waals surface area contributed by atoms with Crippen molar-refractivity contribution in [2.24, 2.45) is 5.14 Å². The summed E-state index contributed by atoms with van der Waals surface area (Å²) in [6.07, 6.45) is 1.32. The summed E-state index contributed by atoms with van der Waals surface area (Å²) in [5.74, 6) is -0.126. The lowest BCUT2D eigenvalue weighted by Gasteiger charge is -2.08. The van der Waals surface area contributed by atoms with E-state index in [-0.39, 0.29) is 10.5 Å². The quantitative estimate of drug-likeness (QED) is 0.488. The Bertz CT molecular complexity index is 1000. The van der Waals surface area contributed by atoms with E-state index in [1.807, 2.05) is 18.2 Å². The molecule has 0 radical (unpaired) electrons. The van der Waals surface area contributed by atoms with Gasteiger partial charge in [0.05, 0.1) is 4.90 Å². The molecular formula is C20H22N4O3S. The maximum Gasteiger partial charge on any atom is 0.267 e. The number of benzene rings is 2. The van der Waals surface area contributed by atoms with Gasteiger partial charge in [-0.05, 0) is 41.3 Å². The number of nitriles is 1. The van der Waals surface area contributed by atoms with Crippen molar-refractivity contribution >= 4 is 21.6 Å². The number of sulfonamides is 1. The van der Waals surface area contributed by atoms with Gasteiger partial charge in [-0.25, -0.2) is 13.6 Å². The van der Waals surface area contributed by atoms with E-state index in [4.69, 9.17) is 5.14 Å². The first kappa shape index (κ1) is 21.2. The zero-order chi connectivity index (χ0) is 20.7. The molecule has 146 valence electrons. The molecule has 0 saturated carbocycles. The fourth-order valence-corrected chi connectivity index (χ4v) is 2.88. The van der Waals surface area contributed by atoms with Crippen molar-refractivity contribution < 1.29 is 13.2 Å². The third kappa shape index (κ3) is 5.94. The highest BCUT2D eigenvalue weighted by Gasteiger charge is 2.10. The van der Waals surface area contributed by atoms with Crippen LogP contribution in [0.25, 0.3) is 0 Å². The summed E-state index contributed by atoms with van der Waals surface area (Å²) < 4.78 is 22.5. The highest BCUT2D eigenvalue weighted by molar-refractivity contribution is 7.89. The van der Waals surface area contributed by atoms with Crippen LogP contribution in [0.15, 0.2) is 65.2 Å². The van der Waals surface area contributed by atoms with Crippen molar-refractivity contribution in [1.82, 2.24) is 5.32 Å². The second-order valence-electron chi connectivity index (χ2n) is 6.47. The van der Waals surface area contributed by atoms with Crippen LogP contribution in [0, 0.1) is 11.3 Å². The van der Waals surface area contributed by atoms with Crippen molar-refractivity contribution in [3.63, 3.8) is 0 Å². The average Bonchev–Trinajstić information content (AvgIpc) is 2.65. The van der Waals surface area contributed by atoms with Gasteiger partial charge < -0.3 is 10.6 Å². The summed E-state index contributed by atoms with van der Waals surface area (Å²) >= 11 is 0. The van der Waals surface area contributed by atoms with Crippen LogP contribution in [0.4, 0.5) is 5.69 Å². The number of nitrogens with zero attached hydrogens (tertiary/aromatic N) is 1. The van der Waals surface area contributed by atoms with Crippen LogP contribution in [0.2, 0.25) is 0 Å². The first-order chi connectivity index (χ1) is 13.2. The largest absolute Gasteiger partial charge is 0.386 e. The topological polar surface area (TPSA) is 125 Å². The van der Waals surface area contributed by atoms with Crippen LogP contribution in [0.1, 0.15) is 30.9 Å². The standard InChI is InChI=1S/C20H22N4O3S/c1-14(2)16-5-7-18(8-6-16)24-20(25)17(11-21)13-23-12-15-3-9-19(10-4-15)28(22,26)27/h3-10,13-14,23H,12H2,1-2H3,(H,24,25)(H2,22,26,27)/b17-13-. The number of nitrogens with two attached hydrogens (primary N) is 1. The molecule has 4 N–H and O–H groups in total. The molecule has 0 unspecified atom stereocenters. The molecule has 8 heteroatoms. The van der Waals surface area contributed by atoms with E-state index >= 15 is 0 Å². The maximum absolute atomic E-state index is 12.2. The van der Waals surface area contributed by atoms with Gasteiger partial charge in [-0.15, -0.1) is 0 Å². The first-order valence-corrected chi connectivity index (χ1v) is 10.1. The van der Waals surface area contributed by atoms with Crippen molar-refractivity contribution in [2.75, 3.05) is 5.32 Å². The van der Waals surface area contributed by atoms with E-state index in [0.717, 1.165) is 11.1 Å². The van der Waals surface area contributed by atoms with E-state index in [1.165, 1.54) is 18.3 Å². The summed E-state index contributed by atoms with van der Waals surface area (Å²) in [5.41, 5.74) is 2.46. The van der Waals surface area contributed by atoms with Crippen LogP contribution in [-0.4, -0.2) is 14.3 Å². The molecule has 0 aromatic heterocycles. The van der Waals surface area contributed by atoms with Gasteiger partial charge in [-0.3, -0.25) is 4.79 Å². The Hall–Kier alpha value is -3.15. The normalized spacial score (nSPS) is 11.8. The lowest BCUT2D eigenvalue weighted by Crippen LogP contribution is -2.16. The fourth-order valence-electron chi connectivity index (χ4n) is 2.37. The molecule has 0 fully saturated rings. The second kappa shape index (κ2) is 9.17. The van der Waals surface area contributed by atoms with Gasteiger partial charge in [0.25, 0.3) is 5.91 Å². The second-order valence-corrected chi connectivity index (χ2v) is 8.03. The van der Waals surface area contributed by atoms with Gasteiger partial charge in [0.15, 0.2) is 0 Å². The zero-order valence-corrected chi connectivity index (χ0v) is 16.5. The Morgan fingerprint density at radius 3 is 2.25 bits per heavy atom. The molecule has 0 atom stereocenters. The number of rotatable bonds is 7. The molecule has 0 aliphatic carbocycles. The predicted octanol–water partition coefficient (Wildman–Crippen LogP) is 2.59. The summed E-state index contributed by atoms with van der Waals surface area (Å²) in [7, 11) is -3.73. The Labute approximate surface area is 164 Å². The van der Waals surface area contributed by atoms with Crippen molar-refractivity contribution in [2.45, 2.75) is 31.2 Å². The molecule has 7 nitrogen and oxygen atoms in total. The lowest BCUT2D eigenvalue weighted by molar-refractivity contribution is -0.112. The molecule has 0 aliphatic heterocycles. The highest BCUT2D eigenvalue weighted by Crippen LogP contribution is 2.17. The minimum absolute atomic E-state index is 0.0207. The third-order valence-electron chi connectivity index (χ3n) is 4.00. The monoisotopic (exact) mass is 398 g/mol. The number of hydrogen-bond acceptors (Lipinski definition) is 5. The first-order valence-electron chi connectivity index (χ1n) is 8.57. The molecule has 0 heterocycles. The van der Waals surface area contributed by atoms with Gasteiger partial charge in [-0.2, -0.15) is 5.26 Å². The van der Waals surface area contributed by atoms with E-state index < -0.39 is 15.9 Å². The molecule has 0 bridgehead atoms. The highest BCUT2D eigenvalue weighted by atomic mass is 32.2. The Morgan fingerprint density at radius 1 is 1.14 bits per heavy atom. The van der Waals surface area contributed by atoms with E-state index in [9.17, 15) is 18.5 Å². The summed E-state index contributed by atoms with van der Waals surface area (Å²) in [5, 5.41) is 19.8. The summed E-state index contributed by atoms with van der Waals surface area (Å²) in [6, 6.07) is 15.3. The molecule has 0 spiro atoms. The Balaban J connectivity index is 1.97. The lowest BCUT2D eigenvalue weighted by atomic mass is 10.0. The van der Waals surface area contributed by atoms with Crippen LogP contribution in [0.5, 0.6) is 0 Å². The molecule has 1 amide bonds. The van der Waals surface area contributed by atoms with Crippen molar-refractivity contribution in [1.29, 1.82) is 5.26 Å². The Kier molecular flexibility index (Phi) is 6.93. The van der Waals surface area contributed by atoms with Crippen LogP contribution in [0.3, 0.4) is 0 Å². The van der Waals surface area contributed by atoms with E-state index in [1.54, 1.807) is 24.3 Å². The van der Waals surface area contributed by atoms with Gasteiger partial charge >= 0.3 is 0 Å². The number of carbonyl (C=O) groups excluding carboxylic acids is 1. The minimum Gasteiger partial charge on any atom is -0.386 e. The number of anilines is 1. The molecule has 2 aromatic carbocycles.